The van der Waals surface area contributed by atoms with Gasteiger partial charge >= 0.3 is 0 Å². The van der Waals surface area contributed by atoms with Gasteiger partial charge in [-0.1, -0.05) is 59.1 Å². The van der Waals surface area contributed by atoms with Gasteiger partial charge in [0.15, 0.2) is 0 Å². The molecule has 0 saturated heterocycles. The molecule has 7 nitrogen and oxygen atoms in total. The molecule has 1 N–H and O–H groups in total. The SMILES string of the molecule is COCCN(CC(=O)Nc1nc(-c2ccc(Cl)cc2)cn1-c1cccc(Cl)c1)C(=O)c1ccc(C)cc1. The van der Waals surface area contributed by atoms with Crippen molar-refractivity contribution in [2.75, 3.05) is 32.1 Å². The summed E-state index contributed by atoms with van der Waals surface area (Å²) in [6.45, 7) is 2.33. The van der Waals surface area contributed by atoms with Crippen LogP contribution in [0.1, 0.15) is 15.9 Å². The second-order valence-electron chi connectivity index (χ2n) is 8.44. The number of hydrogen-bond acceptors (Lipinski definition) is 4. The summed E-state index contributed by atoms with van der Waals surface area (Å²) in [7, 11) is 1.55. The van der Waals surface area contributed by atoms with Gasteiger partial charge in [0.1, 0.15) is 6.54 Å². The van der Waals surface area contributed by atoms with Gasteiger partial charge < -0.3 is 9.64 Å². The molecule has 0 fully saturated rings. The van der Waals surface area contributed by atoms with Crippen LogP contribution in [-0.4, -0.2) is 53.1 Å². The van der Waals surface area contributed by atoms with E-state index in [9.17, 15) is 9.59 Å². The van der Waals surface area contributed by atoms with Crippen molar-refractivity contribution in [2.45, 2.75) is 6.92 Å². The second kappa shape index (κ2) is 12.1. The highest BCUT2D eigenvalue weighted by molar-refractivity contribution is 6.31. The quantitative estimate of drug-likeness (QED) is 0.289. The molecule has 4 aromatic rings. The van der Waals surface area contributed by atoms with Gasteiger partial charge in [-0.3, -0.25) is 19.5 Å². The summed E-state index contributed by atoms with van der Waals surface area (Å²) < 4.78 is 6.91. The number of aryl methyl sites for hydroxylation is 1. The Kier molecular flexibility index (Phi) is 8.61. The fourth-order valence-corrected chi connectivity index (χ4v) is 4.03. The Balaban J connectivity index is 1.61. The predicted molar refractivity (Wildman–Crippen MR) is 147 cm³/mol. The molecule has 0 bridgehead atoms. The zero-order chi connectivity index (χ0) is 26.4. The summed E-state index contributed by atoms with van der Waals surface area (Å²) in [5, 5.41) is 4.02. The summed E-state index contributed by atoms with van der Waals surface area (Å²) in [6, 6.07) is 21.7. The highest BCUT2D eigenvalue weighted by Crippen LogP contribution is 2.26. The average Bonchev–Trinajstić information content (AvgIpc) is 3.30. The monoisotopic (exact) mass is 536 g/mol. The lowest BCUT2D eigenvalue weighted by Gasteiger charge is -2.22. The Hall–Kier alpha value is -3.65. The van der Waals surface area contributed by atoms with E-state index in [2.05, 4.69) is 10.3 Å². The number of benzene rings is 3. The molecule has 37 heavy (non-hydrogen) atoms. The Morgan fingerprint density at radius 3 is 2.41 bits per heavy atom. The lowest BCUT2D eigenvalue weighted by molar-refractivity contribution is -0.117. The van der Waals surface area contributed by atoms with Crippen molar-refractivity contribution in [3.8, 4) is 16.9 Å². The van der Waals surface area contributed by atoms with Crippen molar-refractivity contribution in [1.82, 2.24) is 14.5 Å². The van der Waals surface area contributed by atoms with E-state index >= 15 is 0 Å². The van der Waals surface area contributed by atoms with Crippen LogP contribution in [0.5, 0.6) is 0 Å². The molecule has 1 aromatic heterocycles. The number of imidazole rings is 1. The van der Waals surface area contributed by atoms with E-state index in [1.165, 1.54) is 4.90 Å². The molecule has 3 aromatic carbocycles. The van der Waals surface area contributed by atoms with Crippen molar-refractivity contribution in [2.24, 2.45) is 0 Å². The molecule has 0 radical (unpaired) electrons. The minimum atomic E-state index is -0.395. The standard InChI is InChI=1S/C28H26Cl2N4O3/c1-19-6-8-21(9-7-19)27(36)33(14-15-37-2)18-26(35)32-28-31-25(20-10-12-22(29)13-11-20)17-34(28)24-5-3-4-23(30)16-24/h3-13,16-17H,14-15,18H2,1-2H3,(H,31,32,35). The van der Waals surface area contributed by atoms with Gasteiger partial charge in [-0.05, 0) is 49.4 Å². The molecule has 190 valence electrons. The molecule has 2 amide bonds. The minimum Gasteiger partial charge on any atom is -0.383 e. The van der Waals surface area contributed by atoms with Crippen LogP contribution in [0.4, 0.5) is 5.95 Å². The van der Waals surface area contributed by atoms with Gasteiger partial charge in [0.2, 0.25) is 11.9 Å². The third kappa shape index (κ3) is 6.77. The molecule has 9 heteroatoms. The third-order valence-electron chi connectivity index (χ3n) is 5.67. The maximum absolute atomic E-state index is 13.2. The first-order valence-corrected chi connectivity index (χ1v) is 12.4. The average molecular weight is 537 g/mol. The van der Waals surface area contributed by atoms with Crippen LogP contribution in [0.15, 0.2) is 79.0 Å². The Morgan fingerprint density at radius 2 is 1.73 bits per heavy atom. The van der Waals surface area contributed by atoms with Gasteiger partial charge in [-0.25, -0.2) is 4.98 Å². The first kappa shape index (κ1) is 26.4. The zero-order valence-corrected chi connectivity index (χ0v) is 22.0. The van der Waals surface area contributed by atoms with Crippen molar-refractivity contribution < 1.29 is 14.3 Å². The summed E-state index contributed by atoms with van der Waals surface area (Å²) in [4.78, 5) is 32.4. The van der Waals surface area contributed by atoms with E-state index in [-0.39, 0.29) is 19.0 Å². The molecule has 0 spiro atoms. The largest absolute Gasteiger partial charge is 0.383 e. The normalized spacial score (nSPS) is 10.8. The Labute approximate surface area is 225 Å². The molecular weight excluding hydrogens is 511 g/mol. The number of hydrogen-bond donors (Lipinski definition) is 1. The number of nitrogens with zero attached hydrogens (tertiary/aromatic N) is 3. The number of ether oxygens (including phenoxy) is 1. The molecule has 1 heterocycles. The predicted octanol–water partition coefficient (Wildman–Crippen LogP) is 5.88. The lowest BCUT2D eigenvalue weighted by Crippen LogP contribution is -2.40. The number of rotatable bonds is 9. The van der Waals surface area contributed by atoms with E-state index in [0.717, 1.165) is 16.8 Å². The van der Waals surface area contributed by atoms with Crippen molar-refractivity contribution >= 4 is 41.0 Å². The van der Waals surface area contributed by atoms with E-state index in [1.807, 2.05) is 49.5 Å². The second-order valence-corrected chi connectivity index (χ2v) is 9.31. The lowest BCUT2D eigenvalue weighted by atomic mass is 10.1. The van der Waals surface area contributed by atoms with E-state index < -0.39 is 5.91 Å². The Bertz CT molecular complexity index is 1390. The van der Waals surface area contributed by atoms with Crippen LogP contribution in [0.2, 0.25) is 10.0 Å². The zero-order valence-electron chi connectivity index (χ0n) is 20.4. The van der Waals surface area contributed by atoms with Gasteiger partial charge in [0.05, 0.1) is 12.3 Å². The van der Waals surface area contributed by atoms with Crippen LogP contribution in [0, 0.1) is 6.92 Å². The van der Waals surface area contributed by atoms with Crippen molar-refractivity contribution in [1.29, 1.82) is 0 Å². The van der Waals surface area contributed by atoms with Crippen LogP contribution in [0.25, 0.3) is 16.9 Å². The van der Waals surface area contributed by atoms with Crippen LogP contribution in [0.3, 0.4) is 0 Å². The summed E-state index contributed by atoms with van der Waals surface area (Å²) in [5.74, 6) is -0.355. The first-order chi connectivity index (χ1) is 17.8. The Morgan fingerprint density at radius 1 is 1.00 bits per heavy atom. The van der Waals surface area contributed by atoms with Gasteiger partial charge in [-0.15, -0.1) is 0 Å². The molecule has 4 rings (SSSR count). The smallest absolute Gasteiger partial charge is 0.254 e. The van der Waals surface area contributed by atoms with Crippen molar-refractivity contribution in [3.63, 3.8) is 0 Å². The maximum atomic E-state index is 13.2. The number of carbonyl (C=O) groups is 2. The number of halogens is 2. The number of aromatic nitrogens is 2. The fraction of sp³-hybridized carbons (Fsp3) is 0.179. The summed E-state index contributed by atoms with van der Waals surface area (Å²) in [5.41, 5.74) is 3.74. The fourth-order valence-electron chi connectivity index (χ4n) is 3.72. The number of carbonyl (C=O) groups excluding carboxylic acids is 2. The molecule has 0 saturated carbocycles. The third-order valence-corrected chi connectivity index (χ3v) is 6.16. The van der Waals surface area contributed by atoms with Gasteiger partial charge in [0.25, 0.3) is 5.91 Å². The highest BCUT2D eigenvalue weighted by atomic mass is 35.5. The number of amides is 2. The number of nitrogens with one attached hydrogen (secondary N) is 1. The van der Waals surface area contributed by atoms with E-state index in [1.54, 1.807) is 48.1 Å². The minimum absolute atomic E-state index is 0.172. The van der Waals surface area contributed by atoms with Crippen LogP contribution in [-0.2, 0) is 9.53 Å². The van der Waals surface area contributed by atoms with Crippen molar-refractivity contribution in [3.05, 3.63) is 100 Å². The first-order valence-electron chi connectivity index (χ1n) is 11.6. The number of methoxy groups -OCH3 is 1. The van der Waals surface area contributed by atoms with Crippen LogP contribution >= 0.6 is 23.2 Å². The topological polar surface area (TPSA) is 76.5 Å². The summed E-state index contributed by atoms with van der Waals surface area (Å²) in [6.07, 6.45) is 1.81. The van der Waals surface area contributed by atoms with E-state index in [4.69, 9.17) is 27.9 Å². The number of anilines is 1. The molecular formula is C28H26Cl2N4O3. The molecule has 0 aliphatic rings. The van der Waals surface area contributed by atoms with Crippen LogP contribution < -0.4 is 5.32 Å². The molecule has 0 aliphatic heterocycles. The molecule has 0 unspecified atom stereocenters. The van der Waals surface area contributed by atoms with Gasteiger partial charge in [0, 0.05) is 46.7 Å². The highest BCUT2D eigenvalue weighted by Gasteiger charge is 2.21. The van der Waals surface area contributed by atoms with E-state index in [0.29, 0.717) is 33.9 Å². The maximum Gasteiger partial charge on any atom is 0.254 e. The van der Waals surface area contributed by atoms with Gasteiger partial charge in [-0.2, -0.15) is 0 Å². The molecule has 0 aliphatic carbocycles. The summed E-state index contributed by atoms with van der Waals surface area (Å²) >= 11 is 12.3. The molecule has 0 atom stereocenters.